The lowest BCUT2D eigenvalue weighted by Crippen LogP contribution is -2.32. The zero-order valence-corrected chi connectivity index (χ0v) is 10.3. The second kappa shape index (κ2) is 4.92. The number of nitrogens with two attached hydrogens (primary N) is 1. The fourth-order valence-electron chi connectivity index (χ4n) is 2.29. The van der Waals surface area contributed by atoms with Gasteiger partial charge in [-0.1, -0.05) is 0 Å². The van der Waals surface area contributed by atoms with Crippen LogP contribution in [0, 0.1) is 0 Å². The Bertz CT molecular complexity index is 619. The zero-order chi connectivity index (χ0) is 14.3. The number of aliphatic hydroxyl groups excluding tert-OH is 3. The zero-order valence-electron chi connectivity index (χ0n) is 10.3. The number of nitrogen functional groups attached to an aromatic ring is 1. The van der Waals surface area contributed by atoms with Crippen LogP contribution >= 0.6 is 0 Å². The monoisotopic (exact) mass is 282 g/mol. The Kier molecular flexibility index (Phi) is 3.23. The molecule has 4 atom stereocenters. The van der Waals surface area contributed by atoms with Crippen LogP contribution in [0.3, 0.4) is 0 Å². The number of anilines is 1. The van der Waals surface area contributed by atoms with Crippen LogP contribution in [0.25, 0.3) is 11.0 Å². The molecule has 108 valence electrons. The van der Waals surface area contributed by atoms with Gasteiger partial charge < -0.3 is 25.5 Å². The maximum absolute atomic E-state index is 10.00. The molecule has 1 fully saturated rings. The molecule has 7 N–H and O–H groups in total. The van der Waals surface area contributed by atoms with Crippen molar-refractivity contribution < 1.29 is 20.1 Å². The molecule has 3 heterocycles. The highest BCUT2D eigenvalue weighted by Gasteiger charge is 2.44. The molecule has 3 rings (SSSR count). The predicted molar refractivity (Wildman–Crippen MR) is 66.2 cm³/mol. The molecule has 1 aliphatic rings. The molecule has 2 aromatic heterocycles. The van der Waals surface area contributed by atoms with E-state index in [1.54, 1.807) is 0 Å². The molecule has 20 heavy (non-hydrogen) atoms. The minimum absolute atomic E-state index is 0.323. The highest BCUT2D eigenvalue weighted by Crippen LogP contribution is 2.35. The Labute approximate surface area is 112 Å². The summed E-state index contributed by atoms with van der Waals surface area (Å²) in [7, 11) is 0. The van der Waals surface area contributed by atoms with Gasteiger partial charge in [0, 0.05) is 0 Å². The van der Waals surface area contributed by atoms with Crippen LogP contribution in [0.1, 0.15) is 11.8 Å². The number of aromatic nitrogens is 4. The Morgan fingerprint density at radius 2 is 2.10 bits per heavy atom. The minimum Gasteiger partial charge on any atom is -0.394 e. The third-order valence-electron chi connectivity index (χ3n) is 3.33. The van der Waals surface area contributed by atoms with Crippen LogP contribution in [0.15, 0.2) is 6.33 Å². The van der Waals surface area contributed by atoms with Gasteiger partial charge in [-0.25, -0.2) is 15.8 Å². The van der Waals surface area contributed by atoms with Crippen LogP contribution in [-0.2, 0) is 4.74 Å². The SMILES string of the molecule is NNc1ncnc2c(C3OC(CO)C(O)C3O)[nH]nc12. The first-order chi connectivity index (χ1) is 9.67. The predicted octanol–water partition coefficient (Wildman–Crippen LogP) is -2.21. The average molecular weight is 282 g/mol. The first kappa shape index (κ1) is 13.1. The van der Waals surface area contributed by atoms with E-state index in [0.29, 0.717) is 22.5 Å². The number of rotatable bonds is 3. The average Bonchev–Trinajstić information content (AvgIpc) is 3.01. The van der Waals surface area contributed by atoms with Gasteiger partial charge in [0.15, 0.2) is 11.3 Å². The molecule has 4 unspecified atom stereocenters. The lowest BCUT2D eigenvalue weighted by molar-refractivity contribution is -0.0236. The third kappa shape index (κ3) is 1.82. The van der Waals surface area contributed by atoms with E-state index in [9.17, 15) is 10.2 Å². The first-order valence-electron chi connectivity index (χ1n) is 5.95. The molecule has 0 bridgehead atoms. The third-order valence-corrected chi connectivity index (χ3v) is 3.33. The molecular formula is C10H14N6O4. The summed E-state index contributed by atoms with van der Waals surface area (Å²) in [5.74, 6) is 5.65. The fraction of sp³-hybridized carbons (Fsp3) is 0.500. The van der Waals surface area contributed by atoms with Gasteiger partial charge in [-0.2, -0.15) is 5.10 Å². The topological polar surface area (TPSA) is 162 Å². The molecule has 1 aliphatic heterocycles. The van der Waals surface area contributed by atoms with Crippen molar-refractivity contribution in [2.24, 2.45) is 5.84 Å². The van der Waals surface area contributed by atoms with Crippen molar-refractivity contribution in [1.29, 1.82) is 0 Å². The van der Waals surface area contributed by atoms with Gasteiger partial charge in [-0.05, 0) is 0 Å². The number of hydrazine groups is 1. The number of nitrogens with zero attached hydrogens (tertiary/aromatic N) is 3. The Balaban J connectivity index is 2.03. The standard InChI is InChI=1S/C10H14N6O4/c11-14-10-6-4(12-2-13-10)5(15-16-6)9-8(19)7(18)3(1-17)20-9/h2-3,7-9,17-19H,1,11H2,(H,15,16)(H,12,13,14). The van der Waals surface area contributed by atoms with Crippen LogP contribution in [0.2, 0.25) is 0 Å². The Morgan fingerprint density at radius 3 is 2.75 bits per heavy atom. The highest BCUT2D eigenvalue weighted by molar-refractivity contribution is 5.86. The smallest absolute Gasteiger partial charge is 0.171 e. The van der Waals surface area contributed by atoms with Gasteiger partial charge in [-0.15, -0.1) is 0 Å². The van der Waals surface area contributed by atoms with E-state index in [4.69, 9.17) is 15.7 Å². The maximum atomic E-state index is 10.00. The summed E-state index contributed by atoms with van der Waals surface area (Å²) in [4.78, 5) is 7.98. The van der Waals surface area contributed by atoms with Crippen LogP contribution in [0.5, 0.6) is 0 Å². The van der Waals surface area contributed by atoms with Crippen LogP contribution < -0.4 is 11.3 Å². The molecule has 0 radical (unpaired) electrons. The summed E-state index contributed by atoms with van der Waals surface area (Å²) < 4.78 is 5.43. The van der Waals surface area contributed by atoms with E-state index in [0.717, 1.165) is 0 Å². The van der Waals surface area contributed by atoms with Crippen molar-refractivity contribution in [1.82, 2.24) is 20.2 Å². The Hall–Kier alpha value is -1.85. The summed E-state index contributed by atoms with van der Waals surface area (Å²) in [6.45, 7) is -0.397. The van der Waals surface area contributed by atoms with E-state index in [-0.39, 0.29) is 0 Å². The molecule has 0 saturated carbocycles. The van der Waals surface area contributed by atoms with Crippen LogP contribution in [0.4, 0.5) is 5.82 Å². The van der Waals surface area contributed by atoms with Crippen molar-refractivity contribution in [3.8, 4) is 0 Å². The van der Waals surface area contributed by atoms with Gasteiger partial charge in [0.25, 0.3) is 0 Å². The largest absolute Gasteiger partial charge is 0.394 e. The van der Waals surface area contributed by atoms with E-state index in [2.05, 4.69) is 25.6 Å². The van der Waals surface area contributed by atoms with Crippen molar-refractivity contribution in [3.63, 3.8) is 0 Å². The lowest BCUT2D eigenvalue weighted by Gasteiger charge is -2.12. The molecule has 0 aliphatic carbocycles. The Morgan fingerprint density at radius 1 is 1.30 bits per heavy atom. The van der Waals surface area contributed by atoms with E-state index in [1.165, 1.54) is 6.33 Å². The normalized spacial score (nSPS) is 30.0. The summed E-state index contributed by atoms with van der Waals surface area (Å²) in [6, 6.07) is 0. The minimum atomic E-state index is -1.19. The van der Waals surface area contributed by atoms with E-state index >= 15 is 0 Å². The molecular weight excluding hydrogens is 268 g/mol. The van der Waals surface area contributed by atoms with E-state index in [1.807, 2.05) is 0 Å². The molecule has 0 spiro atoms. The van der Waals surface area contributed by atoms with Gasteiger partial charge in [0.1, 0.15) is 36.3 Å². The first-order valence-corrected chi connectivity index (χ1v) is 5.95. The van der Waals surface area contributed by atoms with Crippen molar-refractivity contribution in [2.45, 2.75) is 24.4 Å². The van der Waals surface area contributed by atoms with Crippen molar-refractivity contribution in [3.05, 3.63) is 12.0 Å². The van der Waals surface area contributed by atoms with Gasteiger partial charge in [0.05, 0.1) is 12.3 Å². The summed E-state index contributed by atoms with van der Waals surface area (Å²) in [5.41, 5.74) is 3.59. The summed E-state index contributed by atoms with van der Waals surface area (Å²) in [5, 5.41) is 35.6. The lowest BCUT2D eigenvalue weighted by atomic mass is 10.1. The quantitative estimate of drug-likeness (QED) is 0.270. The second-order valence-corrected chi connectivity index (χ2v) is 4.46. The number of hydrogen-bond acceptors (Lipinski definition) is 9. The molecule has 0 amide bonds. The summed E-state index contributed by atoms with van der Waals surface area (Å²) >= 11 is 0. The number of aliphatic hydroxyl groups is 3. The second-order valence-electron chi connectivity index (χ2n) is 4.46. The van der Waals surface area contributed by atoms with Gasteiger partial charge in [-0.3, -0.25) is 5.10 Å². The van der Waals surface area contributed by atoms with Crippen molar-refractivity contribution >= 4 is 16.9 Å². The van der Waals surface area contributed by atoms with Gasteiger partial charge in [0.2, 0.25) is 0 Å². The number of ether oxygens (including phenoxy) is 1. The van der Waals surface area contributed by atoms with Gasteiger partial charge >= 0.3 is 0 Å². The molecule has 2 aromatic rings. The molecule has 0 aromatic carbocycles. The molecule has 1 saturated heterocycles. The highest BCUT2D eigenvalue weighted by atomic mass is 16.6. The number of nitrogens with one attached hydrogen (secondary N) is 2. The summed E-state index contributed by atoms with van der Waals surface area (Å²) in [6.07, 6.45) is -2.81. The van der Waals surface area contributed by atoms with E-state index < -0.39 is 31.0 Å². The number of aromatic amines is 1. The van der Waals surface area contributed by atoms with Crippen LogP contribution in [-0.4, -0.2) is 60.4 Å². The molecule has 10 heteroatoms. The molecule has 10 nitrogen and oxygen atoms in total. The maximum Gasteiger partial charge on any atom is 0.171 e. The number of H-pyrrole nitrogens is 1. The van der Waals surface area contributed by atoms with Crippen molar-refractivity contribution in [2.75, 3.05) is 12.0 Å². The number of fused-ring (bicyclic) bond motifs is 1. The fourth-order valence-corrected chi connectivity index (χ4v) is 2.29. The number of hydrogen-bond donors (Lipinski definition) is 6.